The molecule has 0 aliphatic carbocycles. The van der Waals surface area contributed by atoms with Gasteiger partial charge in [0.05, 0.1) is 0 Å². The summed E-state index contributed by atoms with van der Waals surface area (Å²) < 4.78 is 42.6. The number of carbonyl (C=O) groups excluding carboxylic acids is 1. The summed E-state index contributed by atoms with van der Waals surface area (Å²) in [6, 6.07) is 5.61. The molecule has 1 amide bonds. The van der Waals surface area contributed by atoms with Crippen LogP contribution in [0.25, 0.3) is 0 Å². The highest BCUT2D eigenvalue weighted by Crippen LogP contribution is 2.34. The summed E-state index contributed by atoms with van der Waals surface area (Å²) in [6.45, 7) is 1.30. The molecule has 2 atom stereocenters. The second-order valence-electron chi connectivity index (χ2n) is 7.35. The fourth-order valence-electron chi connectivity index (χ4n) is 3.82. The number of carbonyl (C=O) groups is 1. The van der Waals surface area contributed by atoms with E-state index in [1.54, 1.807) is 10.6 Å². The number of amides is 1. The molecular formula is C17H21FN6O3S. The van der Waals surface area contributed by atoms with Gasteiger partial charge in [-0.1, -0.05) is 6.07 Å². The first-order valence-electron chi connectivity index (χ1n) is 8.92. The minimum Gasteiger partial charge on any atom is -0.319 e. The second-order valence-corrected chi connectivity index (χ2v) is 9.49. The van der Waals surface area contributed by atoms with Crippen LogP contribution in [0.2, 0.25) is 0 Å². The van der Waals surface area contributed by atoms with E-state index in [0.29, 0.717) is 37.6 Å². The lowest BCUT2D eigenvalue weighted by atomic mass is 9.89. The van der Waals surface area contributed by atoms with Gasteiger partial charge in [0, 0.05) is 45.8 Å². The van der Waals surface area contributed by atoms with Crippen LogP contribution in [0, 0.1) is 17.7 Å². The van der Waals surface area contributed by atoms with E-state index in [0.717, 1.165) is 0 Å². The Kier molecular flexibility index (Phi) is 4.68. The fraction of sp³-hybridized carbons (Fsp3) is 0.471. The minimum absolute atomic E-state index is 0.0824. The number of hydrogen-bond acceptors (Lipinski definition) is 5. The zero-order valence-corrected chi connectivity index (χ0v) is 16.4. The van der Waals surface area contributed by atoms with Crippen molar-refractivity contribution in [2.24, 2.45) is 11.8 Å². The van der Waals surface area contributed by atoms with Crippen LogP contribution in [0.15, 0.2) is 24.3 Å². The van der Waals surface area contributed by atoms with Crippen molar-refractivity contribution in [2.45, 2.75) is 13.0 Å². The maximum atomic E-state index is 13.3. The van der Waals surface area contributed by atoms with E-state index >= 15 is 0 Å². The molecule has 0 radical (unpaired) electrons. The van der Waals surface area contributed by atoms with Gasteiger partial charge in [-0.3, -0.25) is 4.79 Å². The molecule has 0 bridgehead atoms. The normalized spacial score (nSPS) is 22.1. The molecule has 1 saturated heterocycles. The van der Waals surface area contributed by atoms with Crippen LogP contribution in [0.5, 0.6) is 0 Å². The van der Waals surface area contributed by atoms with Gasteiger partial charge in [-0.2, -0.15) is 17.0 Å². The van der Waals surface area contributed by atoms with Crippen LogP contribution < -0.4 is 5.32 Å². The highest BCUT2D eigenvalue weighted by molar-refractivity contribution is 7.86. The number of hydrogen-bond donors (Lipinski definition) is 1. The Morgan fingerprint density at radius 3 is 2.68 bits per heavy atom. The molecule has 0 saturated carbocycles. The van der Waals surface area contributed by atoms with Gasteiger partial charge in [-0.15, -0.1) is 10.2 Å². The number of fused-ring (bicyclic) bond motifs is 2. The molecule has 1 N–H and O–H groups in total. The topological polar surface area (TPSA) is 100 Å². The third-order valence-corrected chi connectivity index (χ3v) is 7.18. The van der Waals surface area contributed by atoms with Gasteiger partial charge >= 0.3 is 0 Å². The standard InChI is InChI=1S/C17H21FN6O3S/c1-22(2)28(26,27)23-8-11-6-15-20-21-16(24(15)10-12(11)9-23)17(25)19-14-5-3-4-13(18)7-14/h3-5,7,11-12H,6,8-10H2,1-2H3,(H,19,25)/t11-,12-/m1/s1. The monoisotopic (exact) mass is 408 g/mol. The Hall–Kier alpha value is -2.37. The van der Waals surface area contributed by atoms with Gasteiger partial charge < -0.3 is 9.88 Å². The maximum absolute atomic E-state index is 13.3. The van der Waals surface area contributed by atoms with Crippen molar-refractivity contribution in [3.8, 4) is 0 Å². The van der Waals surface area contributed by atoms with Crippen LogP contribution in [0.3, 0.4) is 0 Å². The first-order chi connectivity index (χ1) is 13.3. The lowest BCUT2D eigenvalue weighted by molar-refractivity contribution is 0.100. The molecule has 2 aromatic rings. The van der Waals surface area contributed by atoms with Crippen molar-refractivity contribution in [2.75, 3.05) is 32.5 Å². The molecule has 1 aromatic carbocycles. The fourth-order valence-corrected chi connectivity index (χ4v) is 5.04. The highest BCUT2D eigenvalue weighted by Gasteiger charge is 2.43. The number of anilines is 1. The van der Waals surface area contributed by atoms with E-state index in [1.807, 2.05) is 0 Å². The van der Waals surface area contributed by atoms with Gasteiger partial charge in [0.1, 0.15) is 11.6 Å². The summed E-state index contributed by atoms with van der Waals surface area (Å²) in [4.78, 5) is 12.6. The highest BCUT2D eigenvalue weighted by atomic mass is 32.2. The van der Waals surface area contributed by atoms with E-state index in [9.17, 15) is 17.6 Å². The lowest BCUT2D eigenvalue weighted by Gasteiger charge is -2.25. The summed E-state index contributed by atoms with van der Waals surface area (Å²) in [5.74, 6) is 0.113. The predicted molar refractivity (Wildman–Crippen MR) is 99.2 cm³/mol. The first kappa shape index (κ1) is 19.0. The van der Waals surface area contributed by atoms with Crippen molar-refractivity contribution in [3.63, 3.8) is 0 Å². The average Bonchev–Trinajstić information content (AvgIpc) is 3.23. The van der Waals surface area contributed by atoms with Crippen LogP contribution in [-0.4, -0.2) is 64.9 Å². The van der Waals surface area contributed by atoms with Crippen molar-refractivity contribution in [3.05, 3.63) is 41.7 Å². The molecule has 150 valence electrons. The molecule has 2 aliphatic rings. The molecule has 11 heteroatoms. The van der Waals surface area contributed by atoms with Crippen molar-refractivity contribution >= 4 is 21.8 Å². The molecule has 9 nitrogen and oxygen atoms in total. The summed E-state index contributed by atoms with van der Waals surface area (Å²) in [5, 5.41) is 10.8. The molecule has 0 unspecified atom stereocenters. The van der Waals surface area contributed by atoms with Crippen molar-refractivity contribution < 1.29 is 17.6 Å². The molecule has 1 fully saturated rings. The molecule has 2 aliphatic heterocycles. The van der Waals surface area contributed by atoms with E-state index in [4.69, 9.17) is 0 Å². The Balaban J connectivity index is 1.52. The van der Waals surface area contributed by atoms with Crippen LogP contribution in [0.4, 0.5) is 10.1 Å². The summed E-state index contributed by atoms with van der Waals surface area (Å²) >= 11 is 0. The summed E-state index contributed by atoms with van der Waals surface area (Å²) in [6.07, 6.45) is 0.560. The molecule has 3 heterocycles. The van der Waals surface area contributed by atoms with Gasteiger partial charge in [0.2, 0.25) is 5.82 Å². The Bertz CT molecular complexity index is 1020. The predicted octanol–water partition coefficient (Wildman–Crippen LogP) is 0.580. The maximum Gasteiger partial charge on any atom is 0.293 e. The zero-order valence-electron chi connectivity index (χ0n) is 15.5. The molecular weight excluding hydrogens is 387 g/mol. The second kappa shape index (κ2) is 6.90. The first-order valence-corrected chi connectivity index (χ1v) is 10.3. The number of nitrogens with zero attached hydrogens (tertiary/aromatic N) is 5. The van der Waals surface area contributed by atoms with E-state index in [2.05, 4.69) is 15.5 Å². The lowest BCUT2D eigenvalue weighted by Crippen LogP contribution is -2.38. The number of halogens is 1. The molecule has 4 rings (SSSR count). The molecule has 0 spiro atoms. The molecule has 1 aromatic heterocycles. The van der Waals surface area contributed by atoms with Crippen LogP contribution in [0.1, 0.15) is 16.4 Å². The third kappa shape index (κ3) is 3.29. The minimum atomic E-state index is -3.47. The van der Waals surface area contributed by atoms with Crippen molar-refractivity contribution in [1.29, 1.82) is 0 Å². The van der Waals surface area contributed by atoms with Crippen molar-refractivity contribution in [1.82, 2.24) is 23.4 Å². The van der Waals surface area contributed by atoms with Crippen LogP contribution >= 0.6 is 0 Å². The number of nitrogens with one attached hydrogen (secondary N) is 1. The number of benzene rings is 1. The SMILES string of the molecule is CN(C)S(=O)(=O)N1C[C@H]2Cc3nnc(C(=O)Nc4cccc(F)c4)n3C[C@H]2C1. The quantitative estimate of drug-likeness (QED) is 0.798. The zero-order chi connectivity index (χ0) is 20.1. The smallest absolute Gasteiger partial charge is 0.293 e. The summed E-state index contributed by atoms with van der Waals surface area (Å²) in [7, 11) is -0.440. The number of aromatic nitrogens is 3. The average molecular weight is 408 g/mol. The third-order valence-electron chi connectivity index (χ3n) is 5.31. The largest absolute Gasteiger partial charge is 0.319 e. The van der Waals surface area contributed by atoms with E-state index in [1.165, 1.54) is 40.9 Å². The van der Waals surface area contributed by atoms with Gasteiger partial charge in [-0.05, 0) is 30.0 Å². The Morgan fingerprint density at radius 2 is 1.96 bits per heavy atom. The molecule has 28 heavy (non-hydrogen) atoms. The van der Waals surface area contributed by atoms with E-state index < -0.39 is 21.9 Å². The summed E-state index contributed by atoms with van der Waals surface area (Å²) in [5.41, 5.74) is 0.333. The van der Waals surface area contributed by atoms with Gasteiger partial charge in [-0.25, -0.2) is 4.39 Å². The van der Waals surface area contributed by atoms with Gasteiger partial charge in [0.25, 0.3) is 16.1 Å². The Morgan fingerprint density at radius 1 is 1.21 bits per heavy atom. The van der Waals surface area contributed by atoms with Gasteiger partial charge in [0.15, 0.2) is 0 Å². The van der Waals surface area contributed by atoms with E-state index in [-0.39, 0.29) is 17.7 Å². The number of rotatable bonds is 4. The van der Waals surface area contributed by atoms with Crippen LogP contribution in [-0.2, 0) is 23.2 Å². The Labute approximate surface area is 162 Å².